The van der Waals surface area contributed by atoms with Gasteiger partial charge < -0.3 is 11.1 Å². The van der Waals surface area contributed by atoms with E-state index in [2.05, 4.69) is 35.6 Å². The molecule has 3 N–H and O–H groups in total. The number of nitrogen functional groups attached to an aromatic ring is 1. The van der Waals surface area contributed by atoms with Gasteiger partial charge in [-0.3, -0.25) is 0 Å². The van der Waals surface area contributed by atoms with Crippen LogP contribution in [0.4, 0.5) is 11.5 Å². The fraction of sp³-hybridized carbons (Fsp3) is 0.286. The van der Waals surface area contributed by atoms with Crippen molar-refractivity contribution in [3.05, 3.63) is 40.2 Å². The van der Waals surface area contributed by atoms with Gasteiger partial charge in [-0.1, -0.05) is 19.9 Å². The van der Waals surface area contributed by atoms with Gasteiger partial charge in [0.05, 0.1) is 17.3 Å². The Morgan fingerprint density at radius 2 is 2.26 bits per heavy atom. The van der Waals surface area contributed by atoms with Gasteiger partial charge in [0.25, 0.3) is 0 Å². The summed E-state index contributed by atoms with van der Waals surface area (Å²) < 4.78 is 0. The number of hydrogen-bond acceptors (Lipinski definition) is 5. The Bertz CT molecular complexity index is 584. The molecule has 0 amide bonds. The number of aromatic nitrogens is 1. The highest BCUT2D eigenvalue weighted by molar-refractivity contribution is 7.10. The molecular formula is C14H16N4S. The second-order valence-electron chi connectivity index (χ2n) is 4.66. The van der Waals surface area contributed by atoms with Gasteiger partial charge in [-0.05, 0) is 23.4 Å². The summed E-state index contributed by atoms with van der Waals surface area (Å²) in [6.45, 7) is 4.30. The lowest BCUT2D eigenvalue weighted by molar-refractivity contribution is 0.552. The first-order valence-electron chi connectivity index (χ1n) is 6.07. The summed E-state index contributed by atoms with van der Waals surface area (Å²) in [4.78, 5) is 5.48. The Morgan fingerprint density at radius 3 is 2.79 bits per heavy atom. The molecule has 1 atom stereocenters. The summed E-state index contributed by atoms with van der Waals surface area (Å²) in [5.41, 5.74) is 6.90. The van der Waals surface area contributed by atoms with Gasteiger partial charge in [-0.2, -0.15) is 5.26 Å². The van der Waals surface area contributed by atoms with Crippen molar-refractivity contribution in [3.63, 3.8) is 0 Å². The number of thiophene rings is 1. The standard InChI is InChI=1S/C14H16N4S/c1-9(2)13(12-4-3-5-19-12)18-14-11(16)6-10(7-15)8-17-14/h3-6,8-9,13H,16H2,1-2H3,(H,17,18). The Hall–Kier alpha value is -2.06. The van der Waals surface area contributed by atoms with Crippen molar-refractivity contribution in [1.82, 2.24) is 4.98 Å². The molecule has 98 valence electrons. The summed E-state index contributed by atoms with van der Waals surface area (Å²) >= 11 is 1.71. The van der Waals surface area contributed by atoms with Gasteiger partial charge in [-0.25, -0.2) is 4.98 Å². The van der Waals surface area contributed by atoms with E-state index in [1.54, 1.807) is 17.4 Å². The molecule has 0 bridgehead atoms. The second-order valence-corrected chi connectivity index (χ2v) is 5.63. The predicted octanol–water partition coefficient (Wildman–Crippen LogP) is 3.41. The topological polar surface area (TPSA) is 74.7 Å². The van der Waals surface area contributed by atoms with Crippen LogP contribution >= 0.6 is 11.3 Å². The molecule has 2 heterocycles. The Kier molecular flexibility index (Phi) is 4.03. The van der Waals surface area contributed by atoms with Crippen molar-refractivity contribution in [2.24, 2.45) is 5.92 Å². The second kappa shape index (κ2) is 5.72. The van der Waals surface area contributed by atoms with Crippen molar-refractivity contribution in [1.29, 1.82) is 5.26 Å². The van der Waals surface area contributed by atoms with E-state index >= 15 is 0 Å². The number of anilines is 2. The Balaban J connectivity index is 2.26. The minimum Gasteiger partial charge on any atom is -0.396 e. The Morgan fingerprint density at radius 1 is 1.47 bits per heavy atom. The average molecular weight is 272 g/mol. The number of nitrogens with one attached hydrogen (secondary N) is 1. The van der Waals surface area contributed by atoms with Crippen LogP contribution in [0.15, 0.2) is 29.8 Å². The number of pyridine rings is 1. The molecule has 0 spiro atoms. The Labute approximate surface area is 116 Å². The highest BCUT2D eigenvalue weighted by Crippen LogP contribution is 2.30. The van der Waals surface area contributed by atoms with E-state index in [9.17, 15) is 0 Å². The average Bonchev–Trinajstić information content (AvgIpc) is 2.90. The molecule has 0 saturated heterocycles. The monoisotopic (exact) mass is 272 g/mol. The van der Waals surface area contributed by atoms with Gasteiger partial charge in [0.1, 0.15) is 11.9 Å². The zero-order chi connectivity index (χ0) is 13.8. The number of hydrogen-bond donors (Lipinski definition) is 2. The van der Waals surface area contributed by atoms with Crippen LogP contribution in [0, 0.1) is 17.2 Å². The van der Waals surface area contributed by atoms with Crippen LogP contribution in [0.2, 0.25) is 0 Å². The number of nitrogens with two attached hydrogens (primary N) is 1. The first-order chi connectivity index (χ1) is 9.11. The molecule has 5 heteroatoms. The third kappa shape index (κ3) is 3.04. The molecule has 0 fully saturated rings. The maximum atomic E-state index is 8.81. The van der Waals surface area contributed by atoms with E-state index in [0.29, 0.717) is 23.0 Å². The highest BCUT2D eigenvalue weighted by Gasteiger charge is 2.18. The van der Waals surface area contributed by atoms with Crippen molar-refractivity contribution in [2.45, 2.75) is 19.9 Å². The first kappa shape index (κ1) is 13.4. The summed E-state index contributed by atoms with van der Waals surface area (Å²) in [7, 11) is 0. The van der Waals surface area contributed by atoms with E-state index in [1.165, 1.54) is 11.1 Å². The molecule has 19 heavy (non-hydrogen) atoms. The summed E-state index contributed by atoms with van der Waals surface area (Å²) in [6, 6.07) is 7.97. The van der Waals surface area contributed by atoms with E-state index in [4.69, 9.17) is 11.0 Å². The third-order valence-corrected chi connectivity index (χ3v) is 3.81. The van der Waals surface area contributed by atoms with Gasteiger partial charge in [-0.15, -0.1) is 11.3 Å². The van der Waals surface area contributed by atoms with Crippen LogP contribution in [0.3, 0.4) is 0 Å². The number of nitrogens with zero attached hydrogens (tertiary/aromatic N) is 2. The molecule has 0 aromatic carbocycles. The van der Waals surface area contributed by atoms with Gasteiger partial charge >= 0.3 is 0 Å². The summed E-state index contributed by atoms with van der Waals surface area (Å²) in [5.74, 6) is 1.04. The molecule has 1 unspecified atom stereocenters. The van der Waals surface area contributed by atoms with Gasteiger partial charge in [0, 0.05) is 11.1 Å². The van der Waals surface area contributed by atoms with Gasteiger partial charge in [0.15, 0.2) is 0 Å². The molecule has 2 rings (SSSR count). The van der Waals surface area contributed by atoms with E-state index < -0.39 is 0 Å². The minimum absolute atomic E-state index is 0.169. The lowest BCUT2D eigenvalue weighted by atomic mass is 10.0. The van der Waals surface area contributed by atoms with E-state index in [-0.39, 0.29) is 6.04 Å². The van der Waals surface area contributed by atoms with Crippen LogP contribution in [0.5, 0.6) is 0 Å². The van der Waals surface area contributed by atoms with Crippen molar-refractivity contribution in [2.75, 3.05) is 11.1 Å². The van der Waals surface area contributed by atoms with Crippen molar-refractivity contribution < 1.29 is 0 Å². The van der Waals surface area contributed by atoms with Crippen LogP contribution < -0.4 is 11.1 Å². The minimum atomic E-state index is 0.169. The zero-order valence-electron chi connectivity index (χ0n) is 10.9. The lowest BCUT2D eigenvalue weighted by Gasteiger charge is -2.22. The normalized spacial score (nSPS) is 12.1. The summed E-state index contributed by atoms with van der Waals surface area (Å²) in [5, 5.41) is 14.2. The quantitative estimate of drug-likeness (QED) is 0.894. The SMILES string of the molecule is CC(C)C(Nc1ncc(C#N)cc1N)c1cccs1. The molecule has 0 aliphatic rings. The number of rotatable bonds is 4. The largest absolute Gasteiger partial charge is 0.396 e. The van der Waals surface area contributed by atoms with Crippen LogP contribution in [0.25, 0.3) is 0 Å². The predicted molar refractivity (Wildman–Crippen MR) is 78.9 cm³/mol. The fourth-order valence-corrected chi connectivity index (χ4v) is 2.79. The molecule has 2 aromatic rings. The highest BCUT2D eigenvalue weighted by atomic mass is 32.1. The van der Waals surface area contributed by atoms with Crippen LogP contribution in [0.1, 0.15) is 30.3 Å². The fourth-order valence-electron chi connectivity index (χ4n) is 1.85. The number of nitriles is 1. The molecule has 0 aliphatic carbocycles. The lowest BCUT2D eigenvalue weighted by Crippen LogP contribution is -2.17. The molecular weight excluding hydrogens is 256 g/mol. The maximum absolute atomic E-state index is 8.81. The van der Waals surface area contributed by atoms with Crippen LogP contribution in [-0.4, -0.2) is 4.98 Å². The van der Waals surface area contributed by atoms with Crippen LogP contribution in [-0.2, 0) is 0 Å². The van der Waals surface area contributed by atoms with Crippen molar-refractivity contribution in [3.8, 4) is 6.07 Å². The molecule has 0 radical (unpaired) electrons. The summed E-state index contributed by atoms with van der Waals surface area (Å²) in [6.07, 6.45) is 1.53. The van der Waals surface area contributed by atoms with E-state index in [0.717, 1.165) is 0 Å². The molecule has 0 saturated carbocycles. The molecule has 4 nitrogen and oxygen atoms in total. The molecule has 2 aromatic heterocycles. The maximum Gasteiger partial charge on any atom is 0.149 e. The van der Waals surface area contributed by atoms with Gasteiger partial charge in [0.2, 0.25) is 0 Å². The third-order valence-electron chi connectivity index (χ3n) is 2.85. The zero-order valence-corrected chi connectivity index (χ0v) is 11.7. The smallest absolute Gasteiger partial charge is 0.149 e. The first-order valence-corrected chi connectivity index (χ1v) is 6.95. The van der Waals surface area contributed by atoms with E-state index in [1.807, 2.05) is 12.1 Å². The molecule has 0 aliphatic heterocycles. The van der Waals surface area contributed by atoms with Crippen molar-refractivity contribution >= 4 is 22.8 Å².